The summed E-state index contributed by atoms with van der Waals surface area (Å²) < 4.78 is 5.54. The maximum absolute atomic E-state index is 12.7. The molecule has 0 spiro atoms. The van der Waals surface area contributed by atoms with Gasteiger partial charge in [-0.2, -0.15) is 0 Å². The number of carbonyl (C=O) groups excluding carboxylic acids is 3. The third kappa shape index (κ3) is 3.98. The molecule has 1 aromatic carbocycles. The Morgan fingerprint density at radius 2 is 2.03 bits per heavy atom. The van der Waals surface area contributed by atoms with Gasteiger partial charge in [0.05, 0.1) is 11.3 Å². The molecule has 29 heavy (non-hydrogen) atoms. The van der Waals surface area contributed by atoms with E-state index in [9.17, 15) is 24.5 Å². The first kappa shape index (κ1) is 19.7. The number of nitrogens with one attached hydrogen (secondary N) is 1. The maximum Gasteiger partial charge on any atom is 0.366 e. The number of carbonyl (C=O) groups is 3. The van der Waals surface area contributed by atoms with Crippen molar-refractivity contribution in [1.29, 1.82) is 0 Å². The summed E-state index contributed by atoms with van der Waals surface area (Å²) in [6.45, 7) is 1.25. The molecule has 1 unspecified atom stereocenters. The van der Waals surface area contributed by atoms with Crippen molar-refractivity contribution in [3.8, 4) is 5.75 Å². The van der Waals surface area contributed by atoms with E-state index in [1.807, 2.05) is 0 Å². The number of hydrogen-bond acceptors (Lipinski definition) is 7. The molecule has 3 rings (SSSR count). The minimum Gasteiger partial charge on any atom is -0.474 e. The molecule has 150 valence electrons. The van der Waals surface area contributed by atoms with Crippen molar-refractivity contribution < 1.29 is 24.0 Å². The third-order valence-corrected chi connectivity index (χ3v) is 4.22. The topological polar surface area (TPSA) is 158 Å². The van der Waals surface area contributed by atoms with Crippen molar-refractivity contribution in [3.63, 3.8) is 0 Å². The van der Waals surface area contributed by atoms with Crippen LogP contribution in [0.4, 0.5) is 17.3 Å². The lowest BCUT2D eigenvalue weighted by molar-refractivity contribution is -0.389. The van der Waals surface area contributed by atoms with Crippen LogP contribution in [0.25, 0.3) is 0 Å². The van der Waals surface area contributed by atoms with Crippen LogP contribution in [0.15, 0.2) is 36.4 Å². The number of nitrogens with two attached hydrogens (primary N) is 1. The highest BCUT2D eigenvalue weighted by Crippen LogP contribution is 2.34. The van der Waals surface area contributed by atoms with Crippen molar-refractivity contribution in [2.75, 3.05) is 16.8 Å². The lowest BCUT2D eigenvalue weighted by atomic mass is 10.1. The zero-order valence-corrected chi connectivity index (χ0v) is 15.3. The summed E-state index contributed by atoms with van der Waals surface area (Å²) in [5.74, 6) is -2.36. The molecule has 1 aliphatic heterocycles. The maximum atomic E-state index is 12.7. The van der Waals surface area contributed by atoms with Gasteiger partial charge in [-0.1, -0.05) is 19.1 Å². The van der Waals surface area contributed by atoms with E-state index < -0.39 is 41.1 Å². The Hall–Kier alpha value is -4.02. The van der Waals surface area contributed by atoms with E-state index in [1.54, 1.807) is 19.1 Å². The fourth-order valence-electron chi connectivity index (χ4n) is 2.85. The highest BCUT2D eigenvalue weighted by molar-refractivity contribution is 6.08. The molecular weight excluding hydrogens is 382 g/mol. The number of benzene rings is 1. The number of hydrogen-bond donors (Lipinski definition) is 2. The van der Waals surface area contributed by atoms with E-state index in [2.05, 4.69) is 10.3 Å². The highest BCUT2D eigenvalue weighted by Gasteiger charge is 2.39. The van der Waals surface area contributed by atoms with Crippen LogP contribution in [0.3, 0.4) is 0 Å². The standard InChI is InChI=1S/C18H17N5O6/c1-2-12-18(26)22(17-13(29-12)7-8-14(21-17)23(27)28)9-15(24)20-11-6-4-3-5-10(11)16(19)25/h3-8,12H,2,9H2,1H3,(H2,19,25)(H,20,24). The van der Waals surface area contributed by atoms with Crippen LogP contribution in [0.1, 0.15) is 23.7 Å². The monoisotopic (exact) mass is 399 g/mol. The number of primary amides is 1. The molecular formula is C18H17N5O6. The molecule has 11 nitrogen and oxygen atoms in total. The van der Waals surface area contributed by atoms with Crippen molar-refractivity contribution >= 4 is 35.0 Å². The minimum absolute atomic E-state index is 0.106. The average molecular weight is 399 g/mol. The second kappa shape index (κ2) is 7.92. The van der Waals surface area contributed by atoms with E-state index in [0.717, 1.165) is 11.0 Å². The van der Waals surface area contributed by atoms with Crippen LogP contribution in [-0.4, -0.2) is 40.3 Å². The van der Waals surface area contributed by atoms with E-state index >= 15 is 0 Å². The smallest absolute Gasteiger partial charge is 0.366 e. The number of ether oxygens (including phenoxy) is 1. The average Bonchev–Trinajstić information content (AvgIpc) is 2.69. The Labute approximate surface area is 164 Å². The summed E-state index contributed by atoms with van der Waals surface area (Å²) in [5, 5.41) is 13.6. The quantitative estimate of drug-likeness (QED) is 0.546. The number of para-hydroxylation sites is 1. The summed E-state index contributed by atoms with van der Waals surface area (Å²) in [4.78, 5) is 52.0. The highest BCUT2D eigenvalue weighted by atomic mass is 16.6. The third-order valence-electron chi connectivity index (χ3n) is 4.22. The van der Waals surface area contributed by atoms with Gasteiger partial charge < -0.3 is 25.9 Å². The largest absolute Gasteiger partial charge is 0.474 e. The fraction of sp³-hybridized carbons (Fsp3) is 0.222. The van der Waals surface area contributed by atoms with E-state index in [0.29, 0.717) is 6.42 Å². The molecule has 3 N–H and O–H groups in total. The Morgan fingerprint density at radius 3 is 2.69 bits per heavy atom. The Bertz CT molecular complexity index is 1010. The van der Waals surface area contributed by atoms with Crippen LogP contribution in [0, 0.1) is 10.1 Å². The van der Waals surface area contributed by atoms with Crippen molar-refractivity contribution in [1.82, 2.24) is 4.98 Å². The number of amides is 3. The second-order valence-corrected chi connectivity index (χ2v) is 6.15. The summed E-state index contributed by atoms with van der Waals surface area (Å²) in [5.41, 5.74) is 5.59. The molecule has 0 saturated carbocycles. The first-order chi connectivity index (χ1) is 13.8. The lowest BCUT2D eigenvalue weighted by Crippen LogP contribution is -2.49. The van der Waals surface area contributed by atoms with Crippen molar-refractivity contribution in [2.45, 2.75) is 19.4 Å². The van der Waals surface area contributed by atoms with Crippen molar-refractivity contribution in [3.05, 3.63) is 52.1 Å². The van der Waals surface area contributed by atoms with E-state index in [4.69, 9.17) is 10.5 Å². The summed E-state index contributed by atoms with van der Waals surface area (Å²) in [7, 11) is 0. The summed E-state index contributed by atoms with van der Waals surface area (Å²) in [6, 6.07) is 8.63. The number of nitrogens with zero attached hydrogens (tertiary/aromatic N) is 3. The summed E-state index contributed by atoms with van der Waals surface area (Å²) in [6.07, 6.45) is -0.519. The zero-order chi connectivity index (χ0) is 21.1. The van der Waals surface area contributed by atoms with Gasteiger partial charge in [0, 0.05) is 6.07 Å². The zero-order valence-electron chi connectivity index (χ0n) is 15.3. The number of nitro groups is 1. The van der Waals surface area contributed by atoms with E-state index in [-0.39, 0.29) is 22.8 Å². The number of aromatic nitrogens is 1. The van der Waals surface area contributed by atoms with Gasteiger partial charge in [0.2, 0.25) is 5.91 Å². The van der Waals surface area contributed by atoms with Crippen LogP contribution >= 0.6 is 0 Å². The SMILES string of the molecule is CCC1Oc2ccc([N+](=O)[O-])nc2N(CC(=O)Nc2ccccc2C(N)=O)C1=O. The van der Waals surface area contributed by atoms with Crippen LogP contribution in [0.5, 0.6) is 5.75 Å². The fourth-order valence-corrected chi connectivity index (χ4v) is 2.85. The van der Waals surface area contributed by atoms with Gasteiger partial charge in [-0.15, -0.1) is 0 Å². The molecule has 2 heterocycles. The molecule has 0 saturated heterocycles. The molecule has 0 bridgehead atoms. The molecule has 0 aliphatic carbocycles. The molecule has 1 aromatic heterocycles. The number of anilines is 2. The number of pyridine rings is 1. The normalized spacial score (nSPS) is 15.3. The van der Waals surface area contributed by atoms with Gasteiger partial charge in [-0.05, 0) is 34.5 Å². The minimum atomic E-state index is -0.850. The number of fused-ring (bicyclic) bond motifs is 1. The molecule has 0 radical (unpaired) electrons. The van der Waals surface area contributed by atoms with Crippen LogP contribution in [0.2, 0.25) is 0 Å². The van der Waals surface area contributed by atoms with Gasteiger partial charge in [-0.25, -0.2) is 0 Å². The van der Waals surface area contributed by atoms with Crippen LogP contribution in [-0.2, 0) is 9.59 Å². The van der Waals surface area contributed by atoms with Gasteiger partial charge in [0.25, 0.3) is 17.6 Å². The molecule has 11 heteroatoms. The molecule has 1 atom stereocenters. The lowest BCUT2D eigenvalue weighted by Gasteiger charge is -2.30. The molecule has 3 amide bonds. The van der Waals surface area contributed by atoms with Crippen LogP contribution < -0.4 is 20.7 Å². The molecule has 0 fully saturated rings. The Kier molecular flexibility index (Phi) is 5.39. The Balaban J connectivity index is 1.90. The predicted octanol–water partition coefficient (Wildman–Crippen LogP) is 1.23. The first-order valence-corrected chi connectivity index (χ1v) is 8.64. The van der Waals surface area contributed by atoms with Gasteiger partial charge >= 0.3 is 5.82 Å². The first-order valence-electron chi connectivity index (χ1n) is 8.64. The van der Waals surface area contributed by atoms with Crippen molar-refractivity contribution in [2.24, 2.45) is 5.73 Å². The van der Waals surface area contributed by atoms with Gasteiger partial charge in [0.15, 0.2) is 11.9 Å². The summed E-state index contributed by atoms with van der Waals surface area (Å²) >= 11 is 0. The molecule has 2 aromatic rings. The van der Waals surface area contributed by atoms with Gasteiger partial charge in [-0.3, -0.25) is 19.3 Å². The molecule has 1 aliphatic rings. The predicted molar refractivity (Wildman–Crippen MR) is 102 cm³/mol. The second-order valence-electron chi connectivity index (χ2n) is 6.15. The van der Waals surface area contributed by atoms with Gasteiger partial charge in [0.1, 0.15) is 6.54 Å². The number of rotatable bonds is 6. The Morgan fingerprint density at radius 1 is 1.31 bits per heavy atom. The van der Waals surface area contributed by atoms with E-state index in [1.165, 1.54) is 18.2 Å².